The van der Waals surface area contributed by atoms with E-state index in [0.29, 0.717) is 0 Å². The topological polar surface area (TPSA) is 55.6 Å². The Morgan fingerprint density at radius 1 is 1.35 bits per heavy atom. The van der Waals surface area contributed by atoms with Crippen molar-refractivity contribution in [3.8, 4) is 5.75 Å². The van der Waals surface area contributed by atoms with Gasteiger partial charge in [0.2, 0.25) is 5.91 Å². The van der Waals surface area contributed by atoms with Gasteiger partial charge in [-0.3, -0.25) is 4.79 Å². The van der Waals surface area contributed by atoms with Gasteiger partial charge >= 0.3 is 0 Å². The molecule has 0 radical (unpaired) electrons. The molecule has 1 aromatic rings. The number of likely N-dealkylation sites (N-methyl/N-ethyl adjacent to an activating group) is 1. The summed E-state index contributed by atoms with van der Waals surface area (Å²) in [6.07, 6.45) is 0. The fourth-order valence-electron chi connectivity index (χ4n) is 1.73. The van der Waals surface area contributed by atoms with Crippen LogP contribution in [0.3, 0.4) is 0 Å². The minimum absolute atomic E-state index is 0.0651. The van der Waals surface area contributed by atoms with E-state index in [-0.39, 0.29) is 11.9 Å². The molecule has 2 N–H and O–H groups in total. The minimum Gasteiger partial charge on any atom is -0.496 e. The second kappa shape index (κ2) is 5.68. The van der Waals surface area contributed by atoms with Crippen molar-refractivity contribution in [2.75, 3.05) is 14.2 Å². The van der Waals surface area contributed by atoms with E-state index in [1.807, 2.05) is 31.2 Å². The third kappa shape index (κ3) is 2.97. The largest absolute Gasteiger partial charge is 0.496 e. The van der Waals surface area contributed by atoms with Crippen molar-refractivity contribution in [3.63, 3.8) is 0 Å². The first-order valence-corrected chi connectivity index (χ1v) is 5.64. The van der Waals surface area contributed by atoms with Gasteiger partial charge in [-0.15, -0.1) is 0 Å². The average molecular weight is 236 g/mol. The van der Waals surface area contributed by atoms with Crippen molar-refractivity contribution in [1.29, 1.82) is 0 Å². The lowest BCUT2D eigenvalue weighted by molar-refractivity contribution is -0.132. The van der Waals surface area contributed by atoms with Crippen molar-refractivity contribution >= 4 is 5.91 Å². The molecule has 94 valence electrons. The van der Waals surface area contributed by atoms with Crippen LogP contribution in [0.5, 0.6) is 5.75 Å². The van der Waals surface area contributed by atoms with Gasteiger partial charge in [0, 0.05) is 12.6 Å². The zero-order valence-corrected chi connectivity index (χ0v) is 10.8. The molecule has 0 aliphatic rings. The molecule has 1 unspecified atom stereocenters. The molecule has 0 bridgehead atoms. The van der Waals surface area contributed by atoms with Gasteiger partial charge in [0.1, 0.15) is 5.75 Å². The highest BCUT2D eigenvalue weighted by molar-refractivity contribution is 5.81. The van der Waals surface area contributed by atoms with Gasteiger partial charge in [-0.2, -0.15) is 0 Å². The Hall–Kier alpha value is -1.55. The second-order valence-electron chi connectivity index (χ2n) is 4.16. The molecule has 0 fully saturated rings. The van der Waals surface area contributed by atoms with Crippen LogP contribution in [0.15, 0.2) is 24.3 Å². The number of nitrogens with zero attached hydrogens (tertiary/aromatic N) is 1. The van der Waals surface area contributed by atoms with Crippen LogP contribution < -0.4 is 10.5 Å². The van der Waals surface area contributed by atoms with E-state index in [9.17, 15) is 4.79 Å². The van der Waals surface area contributed by atoms with E-state index in [0.717, 1.165) is 11.3 Å². The molecule has 1 aromatic carbocycles. The minimum atomic E-state index is -0.489. The van der Waals surface area contributed by atoms with E-state index in [1.54, 1.807) is 26.0 Å². The average Bonchev–Trinajstić information content (AvgIpc) is 2.35. The normalized spacial score (nSPS) is 13.9. The molecular weight excluding hydrogens is 216 g/mol. The van der Waals surface area contributed by atoms with Gasteiger partial charge in [-0.25, -0.2) is 0 Å². The maximum Gasteiger partial charge on any atom is 0.239 e. The second-order valence-corrected chi connectivity index (χ2v) is 4.16. The molecule has 0 heterocycles. The molecule has 0 aliphatic heterocycles. The van der Waals surface area contributed by atoms with E-state index in [1.165, 1.54) is 0 Å². The van der Waals surface area contributed by atoms with Gasteiger partial charge in [0.15, 0.2) is 0 Å². The molecule has 17 heavy (non-hydrogen) atoms. The van der Waals surface area contributed by atoms with Crippen molar-refractivity contribution in [2.45, 2.75) is 25.9 Å². The van der Waals surface area contributed by atoms with Crippen LogP contribution in [0, 0.1) is 0 Å². The first-order chi connectivity index (χ1) is 7.99. The predicted octanol–water partition coefficient (Wildman–Crippen LogP) is 1.56. The van der Waals surface area contributed by atoms with Crippen LogP contribution in [0.2, 0.25) is 0 Å². The molecule has 4 heteroatoms. The van der Waals surface area contributed by atoms with Gasteiger partial charge in [0.05, 0.1) is 19.2 Å². The van der Waals surface area contributed by atoms with Gasteiger partial charge in [0.25, 0.3) is 0 Å². The number of rotatable bonds is 4. The Kier molecular flexibility index (Phi) is 4.52. The van der Waals surface area contributed by atoms with Crippen LogP contribution >= 0.6 is 0 Å². The van der Waals surface area contributed by atoms with Crippen LogP contribution in [-0.4, -0.2) is 31.0 Å². The number of hydrogen-bond donors (Lipinski definition) is 1. The quantitative estimate of drug-likeness (QED) is 0.863. The number of benzene rings is 1. The third-order valence-electron chi connectivity index (χ3n) is 2.91. The van der Waals surface area contributed by atoms with E-state index >= 15 is 0 Å². The fraction of sp³-hybridized carbons (Fsp3) is 0.462. The highest BCUT2D eigenvalue weighted by atomic mass is 16.5. The molecular formula is C13H20N2O2. The van der Waals surface area contributed by atoms with Gasteiger partial charge in [-0.05, 0) is 19.9 Å². The van der Waals surface area contributed by atoms with Crippen LogP contribution in [0.4, 0.5) is 0 Å². The maximum absolute atomic E-state index is 11.8. The lowest BCUT2D eigenvalue weighted by Crippen LogP contribution is -2.41. The molecule has 2 atom stereocenters. The number of para-hydroxylation sites is 1. The standard InChI is InChI=1S/C13H20N2O2/c1-9(14)13(16)15(3)10(2)11-7-5-6-8-12(11)17-4/h5-10H,14H2,1-4H3/t9-,10?/m0/s1. The summed E-state index contributed by atoms with van der Waals surface area (Å²) >= 11 is 0. The summed E-state index contributed by atoms with van der Waals surface area (Å²) in [7, 11) is 3.38. The van der Waals surface area contributed by atoms with Crippen molar-refractivity contribution in [1.82, 2.24) is 4.90 Å². The molecule has 0 saturated heterocycles. The Labute approximate surface area is 102 Å². The fourth-order valence-corrected chi connectivity index (χ4v) is 1.73. The number of carbonyl (C=O) groups excluding carboxylic acids is 1. The van der Waals surface area contributed by atoms with E-state index < -0.39 is 6.04 Å². The lowest BCUT2D eigenvalue weighted by atomic mass is 10.1. The van der Waals surface area contributed by atoms with Gasteiger partial charge < -0.3 is 15.4 Å². The highest BCUT2D eigenvalue weighted by Crippen LogP contribution is 2.28. The summed E-state index contributed by atoms with van der Waals surface area (Å²) in [5, 5.41) is 0. The molecule has 0 saturated carbocycles. The molecule has 4 nitrogen and oxygen atoms in total. The number of hydrogen-bond acceptors (Lipinski definition) is 3. The third-order valence-corrected chi connectivity index (χ3v) is 2.91. The summed E-state index contributed by atoms with van der Waals surface area (Å²) in [6, 6.07) is 7.12. The summed E-state index contributed by atoms with van der Waals surface area (Å²) in [5.74, 6) is 0.702. The smallest absolute Gasteiger partial charge is 0.239 e. The number of nitrogens with two attached hydrogens (primary N) is 1. The van der Waals surface area contributed by atoms with Crippen molar-refractivity contribution in [3.05, 3.63) is 29.8 Å². The number of methoxy groups -OCH3 is 1. The van der Waals surface area contributed by atoms with Crippen LogP contribution in [-0.2, 0) is 4.79 Å². The highest BCUT2D eigenvalue weighted by Gasteiger charge is 2.22. The zero-order valence-electron chi connectivity index (χ0n) is 10.8. The Bertz CT molecular complexity index is 391. The first-order valence-electron chi connectivity index (χ1n) is 5.64. The summed E-state index contributed by atoms with van der Waals surface area (Å²) in [6.45, 7) is 3.64. The summed E-state index contributed by atoms with van der Waals surface area (Å²) < 4.78 is 5.29. The predicted molar refractivity (Wildman–Crippen MR) is 67.8 cm³/mol. The number of ether oxygens (including phenoxy) is 1. The molecule has 0 spiro atoms. The molecule has 0 aliphatic carbocycles. The summed E-state index contributed by atoms with van der Waals surface area (Å²) in [5.41, 5.74) is 6.58. The Morgan fingerprint density at radius 2 is 1.94 bits per heavy atom. The molecule has 0 aromatic heterocycles. The zero-order chi connectivity index (χ0) is 13.0. The van der Waals surface area contributed by atoms with E-state index in [4.69, 9.17) is 10.5 Å². The maximum atomic E-state index is 11.8. The monoisotopic (exact) mass is 236 g/mol. The first kappa shape index (κ1) is 13.5. The molecule has 1 amide bonds. The van der Waals surface area contributed by atoms with Crippen LogP contribution in [0.1, 0.15) is 25.5 Å². The number of amides is 1. The van der Waals surface area contributed by atoms with Crippen LogP contribution in [0.25, 0.3) is 0 Å². The number of carbonyl (C=O) groups is 1. The van der Waals surface area contributed by atoms with E-state index in [2.05, 4.69) is 0 Å². The summed E-state index contributed by atoms with van der Waals surface area (Å²) in [4.78, 5) is 13.5. The SMILES string of the molecule is COc1ccccc1C(C)N(C)C(=O)[C@H](C)N. The Balaban J connectivity index is 2.96. The van der Waals surface area contributed by atoms with Crippen molar-refractivity contribution < 1.29 is 9.53 Å². The van der Waals surface area contributed by atoms with Gasteiger partial charge in [-0.1, -0.05) is 18.2 Å². The lowest BCUT2D eigenvalue weighted by Gasteiger charge is -2.27. The molecule has 1 rings (SSSR count). The Morgan fingerprint density at radius 3 is 2.47 bits per heavy atom. The van der Waals surface area contributed by atoms with Crippen molar-refractivity contribution in [2.24, 2.45) is 5.73 Å².